The van der Waals surface area contributed by atoms with Crippen molar-refractivity contribution >= 4 is 16.9 Å². The zero-order chi connectivity index (χ0) is 14.4. The van der Waals surface area contributed by atoms with Crippen LogP contribution < -0.4 is 5.73 Å². The molecule has 0 aliphatic heterocycles. The van der Waals surface area contributed by atoms with Gasteiger partial charge in [0.1, 0.15) is 29.6 Å². The quantitative estimate of drug-likeness (QED) is 0.774. The molecule has 2 N–H and O–H groups in total. The van der Waals surface area contributed by atoms with Gasteiger partial charge in [-0.05, 0) is 33.3 Å². The number of nitrogen functional groups attached to an aromatic ring is 1. The molecule has 0 saturated heterocycles. The molecule has 0 aliphatic carbocycles. The standard InChI is InChI=1S/C14H17N5O/c1-7-5-16-14(20-7)10(4)19-9(3)8(2)11-12(15)17-6-18-13(11)19/h5-6,10H,1-4H3,(H2,15,17,18). The third-order valence-electron chi connectivity index (χ3n) is 3.75. The molecule has 1 unspecified atom stereocenters. The first-order chi connectivity index (χ1) is 9.50. The maximum Gasteiger partial charge on any atom is 0.217 e. The summed E-state index contributed by atoms with van der Waals surface area (Å²) in [5, 5.41) is 0.903. The van der Waals surface area contributed by atoms with Crippen LogP contribution in [-0.4, -0.2) is 19.5 Å². The molecular formula is C14H17N5O. The summed E-state index contributed by atoms with van der Waals surface area (Å²) in [6, 6.07) is -0.0470. The van der Waals surface area contributed by atoms with E-state index in [0.717, 1.165) is 28.1 Å². The number of anilines is 1. The van der Waals surface area contributed by atoms with Gasteiger partial charge in [0.05, 0.1) is 11.6 Å². The van der Waals surface area contributed by atoms with E-state index in [1.54, 1.807) is 6.20 Å². The van der Waals surface area contributed by atoms with Gasteiger partial charge in [0.25, 0.3) is 0 Å². The first-order valence-corrected chi connectivity index (χ1v) is 6.50. The number of oxazole rings is 1. The molecule has 3 aromatic heterocycles. The average Bonchev–Trinajstić information content (AvgIpc) is 2.94. The van der Waals surface area contributed by atoms with Crippen LogP contribution in [0.15, 0.2) is 16.9 Å². The molecule has 6 nitrogen and oxygen atoms in total. The molecule has 20 heavy (non-hydrogen) atoms. The van der Waals surface area contributed by atoms with Gasteiger partial charge in [-0.1, -0.05) is 0 Å². The number of nitrogens with zero attached hydrogens (tertiary/aromatic N) is 4. The maximum atomic E-state index is 5.98. The van der Waals surface area contributed by atoms with E-state index in [2.05, 4.69) is 19.5 Å². The summed E-state index contributed by atoms with van der Waals surface area (Å²) in [7, 11) is 0. The Labute approximate surface area is 116 Å². The summed E-state index contributed by atoms with van der Waals surface area (Å²) >= 11 is 0. The van der Waals surface area contributed by atoms with Crippen LogP contribution in [0.5, 0.6) is 0 Å². The molecule has 3 heterocycles. The van der Waals surface area contributed by atoms with Crippen LogP contribution in [0.2, 0.25) is 0 Å². The van der Waals surface area contributed by atoms with Crippen molar-refractivity contribution in [1.82, 2.24) is 19.5 Å². The molecule has 1 atom stereocenters. The molecule has 0 spiro atoms. The Hall–Kier alpha value is -2.37. The highest BCUT2D eigenvalue weighted by atomic mass is 16.4. The fourth-order valence-electron chi connectivity index (χ4n) is 2.60. The van der Waals surface area contributed by atoms with E-state index < -0.39 is 0 Å². The number of aromatic nitrogens is 4. The normalized spacial score (nSPS) is 13.0. The lowest BCUT2D eigenvalue weighted by molar-refractivity contribution is 0.416. The van der Waals surface area contributed by atoms with Crippen LogP contribution in [0.1, 0.15) is 35.9 Å². The van der Waals surface area contributed by atoms with Crippen LogP contribution in [0.4, 0.5) is 5.82 Å². The molecule has 0 saturated carbocycles. The zero-order valence-electron chi connectivity index (χ0n) is 12.0. The van der Waals surface area contributed by atoms with Crippen molar-refractivity contribution in [3.8, 4) is 0 Å². The molecule has 0 fully saturated rings. The smallest absolute Gasteiger partial charge is 0.217 e. The number of rotatable bonds is 2. The predicted octanol–water partition coefficient (Wildman–Crippen LogP) is 2.54. The van der Waals surface area contributed by atoms with Crippen molar-refractivity contribution in [3.05, 3.63) is 35.4 Å². The third kappa shape index (κ3) is 1.68. The Balaban J connectivity index is 2.26. The highest BCUT2D eigenvalue weighted by Crippen LogP contribution is 2.31. The lowest BCUT2D eigenvalue weighted by Crippen LogP contribution is -2.09. The van der Waals surface area contributed by atoms with Gasteiger partial charge in [0.15, 0.2) is 0 Å². The first kappa shape index (κ1) is 12.7. The van der Waals surface area contributed by atoms with Crippen molar-refractivity contribution in [2.75, 3.05) is 5.73 Å². The molecule has 0 aromatic carbocycles. The van der Waals surface area contributed by atoms with Crippen LogP contribution in [0.25, 0.3) is 11.0 Å². The van der Waals surface area contributed by atoms with Crippen molar-refractivity contribution in [2.45, 2.75) is 33.7 Å². The van der Waals surface area contributed by atoms with Gasteiger partial charge < -0.3 is 14.7 Å². The second-order valence-corrected chi connectivity index (χ2v) is 5.02. The number of aryl methyl sites for hydroxylation is 2. The molecule has 3 aromatic rings. The Kier molecular flexibility index (Phi) is 2.74. The second kappa shape index (κ2) is 4.33. The number of nitrogens with two attached hydrogens (primary N) is 1. The topological polar surface area (TPSA) is 82.8 Å². The van der Waals surface area contributed by atoms with Gasteiger partial charge in [0.2, 0.25) is 5.89 Å². The lowest BCUT2D eigenvalue weighted by atomic mass is 10.2. The summed E-state index contributed by atoms with van der Waals surface area (Å²) < 4.78 is 7.73. The molecule has 0 bridgehead atoms. The highest BCUT2D eigenvalue weighted by Gasteiger charge is 2.22. The number of fused-ring (bicyclic) bond motifs is 1. The van der Waals surface area contributed by atoms with Gasteiger partial charge in [-0.15, -0.1) is 0 Å². The van der Waals surface area contributed by atoms with Gasteiger partial charge in [0, 0.05) is 5.69 Å². The second-order valence-electron chi connectivity index (χ2n) is 5.02. The van der Waals surface area contributed by atoms with Crippen molar-refractivity contribution in [1.29, 1.82) is 0 Å². The minimum atomic E-state index is -0.0470. The molecule has 0 radical (unpaired) electrons. The Morgan fingerprint density at radius 2 is 1.95 bits per heavy atom. The molecule has 0 aliphatic rings. The van der Waals surface area contributed by atoms with Crippen molar-refractivity contribution in [2.24, 2.45) is 0 Å². The zero-order valence-corrected chi connectivity index (χ0v) is 12.0. The summed E-state index contributed by atoms with van der Waals surface area (Å²) in [5.74, 6) is 1.97. The van der Waals surface area contributed by atoms with Crippen LogP contribution >= 0.6 is 0 Å². The summed E-state index contributed by atoms with van der Waals surface area (Å²) in [4.78, 5) is 12.8. The third-order valence-corrected chi connectivity index (χ3v) is 3.75. The maximum absolute atomic E-state index is 5.98. The molecule has 6 heteroatoms. The number of hydrogen-bond acceptors (Lipinski definition) is 5. The summed E-state index contributed by atoms with van der Waals surface area (Å²) in [5.41, 5.74) is 8.98. The minimum Gasteiger partial charge on any atom is -0.444 e. The van der Waals surface area contributed by atoms with Gasteiger partial charge in [-0.3, -0.25) is 0 Å². The van der Waals surface area contributed by atoms with Gasteiger partial charge >= 0.3 is 0 Å². The van der Waals surface area contributed by atoms with E-state index >= 15 is 0 Å². The fraction of sp³-hybridized carbons (Fsp3) is 0.357. The Morgan fingerprint density at radius 1 is 1.20 bits per heavy atom. The van der Waals surface area contributed by atoms with E-state index in [4.69, 9.17) is 10.2 Å². The van der Waals surface area contributed by atoms with E-state index in [9.17, 15) is 0 Å². The Morgan fingerprint density at radius 3 is 2.60 bits per heavy atom. The highest BCUT2D eigenvalue weighted by molar-refractivity contribution is 5.90. The molecule has 0 amide bonds. The Bertz CT molecular complexity index is 786. The van der Waals surface area contributed by atoms with Crippen LogP contribution in [-0.2, 0) is 0 Å². The van der Waals surface area contributed by atoms with Gasteiger partial charge in [-0.2, -0.15) is 0 Å². The van der Waals surface area contributed by atoms with Crippen molar-refractivity contribution < 1.29 is 4.42 Å². The van der Waals surface area contributed by atoms with E-state index in [-0.39, 0.29) is 6.04 Å². The van der Waals surface area contributed by atoms with E-state index in [0.29, 0.717) is 11.7 Å². The van der Waals surface area contributed by atoms with Crippen LogP contribution in [0.3, 0.4) is 0 Å². The predicted molar refractivity (Wildman–Crippen MR) is 76.5 cm³/mol. The molecule has 104 valence electrons. The van der Waals surface area contributed by atoms with Crippen LogP contribution in [0, 0.1) is 20.8 Å². The minimum absolute atomic E-state index is 0.0470. The lowest BCUT2D eigenvalue weighted by Gasteiger charge is -2.13. The monoisotopic (exact) mass is 271 g/mol. The summed E-state index contributed by atoms with van der Waals surface area (Å²) in [6.07, 6.45) is 3.21. The first-order valence-electron chi connectivity index (χ1n) is 6.50. The molecular weight excluding hydrogens is 254 g/mol. The number of hydrogen-bond donors (Lipinski definition) is 1. The summed E-state index contributed by atoms with van der Waals surface area (Å²) in [6.45, 7) is 7.99. The van der Waals surface area contributed by atoms with E-state index in [1.165, 1.54) is 6.33 Å². The largest absolute Gasteiger partial charge is 0.444 e. The SMILES string of the molecule is Cc1cnc(C(C)n2c(C)c(C)c3c(N)ncnc32)o1. The average molecular weight is 271 g/mol. The fourth-order valence-corrected chi connectivity index (χ4v) is 2.60. The molecule has 3 rings (SSSR count). The van der Waals surface area contributed by atoms with Crippen molar-refractivity contribution in [3.63, 3.8) is 0 Å². The van der Waals surface area contributed by atoms with E-state index in [1.807, 2.05) is 27.7 Å². The van der Waals surface area contributed by atoms with Gasteiger partial charge in [-0.25, -0.2) is 15.0 Å².